The highest BCUT2D eigenvalue weighted by molar-refractivity contribution is 6.03. The van der Waals surface area contributed by atoms with E-state index in [4.69, 9.17) is 9.47 Å². The maximum atomic E-state index is 12.8. The molecular formula is C30H36N8O4. The first-order chi connectivity index (χ1) is 20.2. The van der Waals surface area contributed by atoms with Gasteiger partial charge in [0.1, 0.15) is 11.4 Å². The molecule has 3 aromatic heterocycles. The van der Waals surface area contributed by atoms with Crippen LogP contribution in [-0.4, -0.2) is 73.9 Å². The predicted octanol–water partition coefficient (Wildman–Crippen LogP) is 3.96. The highest BCUT2D eigenvalue weighted by Crippen LogP contribution is 2.38. The summed E-state index contributed by atoms with van der Waals surface area (Å²) in [7, 11) is 1.74. The van der Waals surface area contributed by atoms with E-state index in [2.05, 4.69) is 30.7 Å². The molecule has 2 aliphatic heterocycles. The van der Waals surface area contributed by atoms with Crippen molar-refractivity contribution in [1.82, 2.24) is 29.3 Å². The number of carbonyl (C=O) groups excluding carboxylic acids is 2. The second-order valence-corrected chi connectivity index (χ2v) is 11.4. The highest BCUT2D eigenvalue weighted by Gasteiger charge is 2.40. The summed E-state index contributed by atoms with van der Waals surface area (Å²) in [6.07, 6.45) is 5.29. The van der Waals surface area contributed by atoms with Crippen LogP contribution in [0.1, 0.15) is 47.4 Å². The van der Waals surface area contributed by atoms with E-state index < -0.39 is 0 Å². The van der Waals surface area contributed by atoms with E-state index in [1.807, 2.05) is 26.0 Å². The fraction of sp³-hybridized carbons (Fsp3) is 0.433. The Morgan fingerprint density at radius 3 is 2.57 bits per heavy atom. The third-order valence-electron chi connectivity index (χ3n) is 8.09. The predicted molar refractivity (Wildman–Crippen MR) is 157 cm³/mol. The number of rotatable bonds is 9. The number of anilines is 2. The van der Waals surface area contributed by atoms with E-state index in [0.29, 0.717) is 46.3 Å². The first-order valence-electron chi connectivity index (χ1n) is 14.3. The molecule has 2 fully saturated rings. The topological polar surface area (TPSA) is 128 Å². The van der Waals surface area contributed by atoms with Crippen LogP contribution in [0.4, 0.5) is 11.5 Å². The smallest absolute Gasteiger partial charge is 0.273 e. The van der Waals surface area contributed by atoms with Crippen molar-refractivity contribution in [3.63, 3.8) is 0 Å². The first-order valence-corrected chi connectivity index (χ1v) is 14.3. The van der Waals surface area contributed by atoms with Gasteiger partial charge in [-0.15, -0.1) is 5.10 Å². The molecule has 12 heteroatoms. The van der Waals surface area contributed by atoms with Crippen molar-refractivity contribution in [3.8, 4) is 11.6 Å². The van der Waals surface area contributed by atoms with Crippen molar-refractivity contribution in [2.24, 2.45) is 12.5 Å². The molecule has 5 heterocycles. The van der Waals surface area contributed by atoms with Crippen molar-refractivity contribution in [2.75, 3.05) is 43.5 Å². The molecule has 220 valence electrons. The number of hydrogen-bond donors (Lipinski definition) is 2. The third-order valence-corrected chi connectivity index (χ3v) is 8.09. The molecule has 0 atom stereocenters. The molecule has 4 aromatic rings. The van der Waals surface area contributed by atoms with Crippen LogP contribution in [0.15, 0.2) is 42.6 Å². The minimum atomic E-state index is -0.255. The average molecular weight is 573 g/mol. The second kappa shape index (κ2) is 11.5. The number of imidazole rings is 1. The highest BCUT2D eigenvalue weighted by atomic mass is 16.5. The van der Waals surface area contributed by atoms with E-state index in [1.54, 1.807) is 46.7 Å². The second-order valence-electron chi connectivity index (χ2n) is 11.4. The van der Waals surface area contributed by atoms with Gasteiger partial charge in [-0.05, 0) is 76.5 Å². The number of benzene rings is 1. The molecule has 1 spiro atoms. The Morgan fingerprint density at radius 2 is 1.86 bits per heavy atom. The molecule has 0 saturated carbocycles. The van der Waals surface area contributed by atoms with Crippen molar-refractivity contribution in [2.45, 2.75) is 39.5 Å². The van der Waals surface area contributed by atoms with Crippen LogP contribution in [0, 0.1) is 19.3 Å². The number of fused-ring (bicyclic) bond motifs is 1. The molecule has 12 nitrogen and oxygen atoms in total. The van der Waals surface area contributed by atoms with Crippen molar-refractivity contribution in [1.29, 1.82) is 0 Å². The van der Waals surface area contributed by atoms with Crippen LogP contribution >= 0.6 is 0 Å². The van der Waals surface area contributed by atoms with E-state index in [0.717, 1.165) is 50.5 Å². The van der Waals surface area contributed by atoms with Crippen LogP contribution in [0.5, 0.6) is 11.6 Å². The fourth-order valence-electron chi connectivity index (χ4n) is 5.51. The summed E-state index contributed by atoms with van der Waals surface area (Å²) < 4.78 is 14.5. The molecule has 0 radical (unpaired) electrons. The van der Waals surface area contributed by atoms with Crippen molar-refractivity contribution < 1.29 is 19.1 Å². The Morgan fingerprint density at radius 1 is 1.05 bits per heavy atom. The quantitative estimate of drug-likeness (QED) is 0.309. The van der Waals surface area contributed by atoms with Crippen LogP contribution in [0.2, 0.25) is 0 Å². The summed E-state index contributed by atoms with van der Waals surface area (Å²) in [6.45, 7) is 8.65. The van der Waals surface area contributed by atoms with E-state index in [9.17, 15) is 9.59 Å². The molecule has 1 aromatic carbocycles. The monoisotopic (exact) mass is 572 g/mol. The van der Waals surface area contributed by atoms with E-state index >= 15 is 0 Å². The van der Waals surface area contributed by atoms with Crippen LogP contribution in [0.25, 0.3) is 5.65 Å². The molecular weight excluding hydrogens is 536 g/mol. The number of piperidine rings is 1. The number of aryl methyl sites for hydroxylation is 3. The van der Waals surface area contributed by atoms with Crippen LogP contribution in [0.3, 0.4) is 0 Å². The molecule has 0 unspecified atom stereocenters. The lowest BCUT2D eigenvalue weighted by Gasteiger charge is -2.47. The zero-order valence-corrected chi connectivity index (χ0v) is 24.2. The lowest BCUT2D eigenvalue weighted by Crippen LogP contribution is -2.50. The van der Waals surface area contributed by atoms with Crippen LogP contribution < -0.4 is 15.4 Å². The first kappa shape index (κ1) is 27.9. The lowest BCUT2D eigenvalue weighted by atomic mass is 9.77. The minimum Gasteiger partial charge on any atom is -0.438 e. The van der Waals surface area contributed by atoms with Gasteiger partial charge in [-0.3, -0.25) is 14.3 Å². The van der Waals surface area contributed by atoms with Gasteiger partial charge in [0.25, 0.3) is 5.91 Å². The maximum absolute atomic E-state index is 12.8. The van der Waals surface area contributed by atoms with Gasteiger partial charge >= 0.3 is 0 Å². The van der Waals surface area contributed by atoms with Gasteiger partial charge in [0.2, 0.25) is 11.8 Å². The average Bonchev–Trinajstić information content (AvgIpc) is 3.50. The van der Waals surface area contributed by atoms with Crippen LogP contribution in [-0.2, 0) is 16.6 Å². The molecule has 42 heavy (non-hydrogen) atoms. The maximum Gasteiger partial charge on any atom is 0.273 e. The minimum absolute atomic E-state index is 0.0636. The Balaban J connectivity index is 1.03. The summed E-state index contributed by atoms with van der Waals surface area (Å²) in [5.74, 6) is 0.988. The van der Waals surface area contributed by atoms with Gasteiger partial charge < -0.3 is 25.0 Å². The Hall–Kier alpha value is -4.29. The summed E-state index contributed by atoms with van der Waals surface area (Å²) in [5.41, 5.74) is 3.77. The van der Waals surface area contributed by atoms with Gasteiger partial charge in [-0.25, -0.2) is 9.50 Å². The summed E-state index contributed by atoms with van der Waals surface area (Å²) in [6, 6.07) is 10.7. The Labute approximate surface area is 244 Å². The van der Waals surface area contributed by atoms with Crippen molar-refractivity contribution in [3.05, 3.63) is 59.5 Å². The number of nitrogens with one attached hydrogen (secondary N) is 2. The Kier molecular flexibility index (Phi) is 7.65. The molecule has 0 bridgehead atoms. The molecule has 2 aliphatic rings. The number of likely N-dealkylation sites (tertiary alicyclic amines) is 1. The molecule has 2 N–H and O–H groups in total. The SMILES string of the molecule is Cc1cc(C(=O)Nc2cc(Oc3ccc4nc(NC(=O)CCCN5CCC6(CC5)COC6)cn4n3)ccc2C)n(C)n1. The number of amides is 2. The lowest BCUT2D eigenvalue weighted by molar-refractivity contribution is -0.139. The fourth-order valence-corrected chi connectivity index (χ4v) is 5.51. The normalized spacial score (nSPS) is 16.4. The molecule has 6 rings (SSSR count). The molecule has 0 aliphatic carbocycles. The number of carbonyl (C=O) groups is 2. The van der Waals surface area contributed by atoms with Gasteiger partial charge in [0.05, 0.1) is 25.1 Å². The van der Waals surface area contributed by atoms with Gasteiger partial charge in [0.15, 0.2) is 11.5 Å². The number of nitrogens with zero attached hydrogens (tertiary/aromatic N) is 6. The van der Waals surface area contributed by atoms with E-state index in [-0.39, 0.29) is 11.8 Å². The summed E-state index contributed by atoms with van der Waals surface area (Å²) in [4.78, 5) is 32.3. The third kappa shape index (κ3) is 6.14. The number of hydrogen-bond acceptors (Lipinski definition) is 8. The molecule has 2 amide bonds. The largest absolute Gasteiger partial charge is 0.438 e. The Bertz CT molecular complexity index is 1610. The zero-order valence-electron chi connectivity index (χ0n) is 24.2. The van der Waals surface area contributed by atoms with Gasteiger partial charge in [0, 0.05) is 36.7 Å². The number of ether oxygens (including phenoxy) is 2. The number of aromatic nitrogens is 5. The standard InChI is InChI=1S/C30H36N8O4/c1-20-6-7-22(16-23(20)31-29(40)24-15-21(2)34-36(24)3)42-28-9-8-26-32-25(17-38(26)35-28)33-27(39)5-4-12-37-13-10-30(11-14-37)18-41-19-30/h6-9,15-17H,4-5,10-14,18-19H2,1-3H3,(H,31,40)(H,33,39). The molecule has 2 saturated heterocycles. The summed E-state index contributed by atoms with van der Waals surface area (Å²) >= 11 is 0. The van der Waals surface area contributed by atoms with E-state index in [1.165, 1.54) is 12.8 Å². The van der Waals surface area contributed by atoms with Crippen molar-refractivity contribution >= 4 is 29.0 Å². The van der Waals surface area contributed by atoms with Gasteiger partial charge in [-0.2, -0.15) is 5.10 Å². The van der Waals surface area contributed by atoms with Gasteiger partial charge in [-0.1, -0.05) is 6.07 Å². The summed E-state index contributed by atoms with van der Waals surface area (Å²) in [5, 5.41) is 14.5. The zero-order chi connectivity index (χ0) is 29.3.